The second kappa shape index (κ2) is 13.9. The molecular formula is C32H49N5O5. The van der Waals surface area contributed by atoms with E-state index in [1.165, 1.54) is 0 Å². The number of para-hydroxylation sites is 2. The number of rotatable bonds is 10. The minimum Gasteiger partial charge on any atom is -0.444 e. The van der Waals surface area contributed by atoms with Crippen molar-refractivity contribution in [2.45, 2.75) is 84.9 Å². The fourth-order valence-electron chi connectivity index (χ4n) is 6.05. The van der Waals surface area contributed by atoms with Crippen LogP contribution in [-0.2, 0) is 20.8 Å². The molecule has 4 rings (SSSR count). The number of methoxy groups -OCH3 is 1. The second-order valence-corrected chi connectivity index (χ2v) is 13.1. The van der Waals surface area contributed by atoms with Crippen molar-refractivity contribution < 1.29 is 23.9 Å². The molecule has 2 saturated heterocycles. The van der Waals surface area contributed by atoms with E-state index in [0.29, 0.717) is 45.0 Å². The third-order valence-corrected chi connectivity index (χ3v) is 7.94. The van der Waals surface area contributed by atoms with Crippen LogP contribution in [0.5, 0.6) is 0 Å². The molecule has 2 aliphatic rings. The van der Waals surface area contributed by atoms with Crippen molar-refractivity contribution in [3.8, 4) is 0 Å². The number of unbranched alkanes of at least 4 members (excludes halogenated alkanes) is 1. The van der Waals surface area contributed by atoms with Gasteiger partial charge >= 0.3 is 6.09 Å². The first-order valence-corrected chi connectivity index (χ1v) is 15.5. The van der Waals surface area contributed by atoms with Crippen molar-refractivity contribution in [2.24, 2.45) is 11.8 Å². The van der Waals surface area contributed by atoms with Crippen LogP contribution in [0.15, 0.2) is 24.3 Å². The summed E-state index contributed by atoms with van der Waals surface area (Å²) in [5, 5.41) is 0. The van der Waals surface area contributed by atoms with Gasteiger partial charge in [-0.2, -0.15) is 0 Å². The predicted octanol–water partition coefficient (Wildman–Crippen LogP) is 4.81. The van der Waals surface area contributed by atoms with Gasteiger partial charge < -0.3 is 28.7 Å². The topological polar surface area (TPSA) is 97.2 Å². The number of nitrogens with zero attached hydrogens (tertiary/aromatic N) is 5. The highest BCUT2D eigenvalue weighted by atomic mass is 16.6. The highest BCUT2D eigenvalue weighted by Gasteiger charge is 2.42. The molecule has 2 unspecified atom stereocenters. The smallest absolute Gasteiger partial charge is 0.410 e. The van der Waals surface area contributed by atoms with E-state index >= 15 is 0 Å². The summed E-state index contributed by atoms with van der Waals surface area (Å²) >= 11 is 0. The first-order valence-electron chi connectivity index (χ1n) is 15.5. The van der Waals surface area contributed by atoms with Crippen LogP contribution in [0.4, 0.5) is 4.79 Å². The number of carbonyl (C=O) groups excluding carboxylic acids is 3. The van der Waals surface area contributed by atoms with E-state index in [1.807, 2.05) is 59.4 Å². The summed E-state index contributed by atoms with van der Waals surface area (Å²) in [7, 11) is 1.69. The van der Waals surface area contributed by atoms with Crippen LogP contribution in [0.3, 0.4) is 0 Å². The van der Waals surface area contributed by atoms with Crippen molar-refractivity contribution in [1.29, 1.82) is 0 Å². The lowest BCUT2D eigenvalue weighted by atomic mass is 9.91. The maximum atomic E-state index is 14.5. The molecule has 0 aliphatic carbocycles. The largest absolute Gasteiger partial charge is 0.444 e. The van der Waals surface area contributed by atoms with Gasteiger partial charge in [0.25, 0.3) is 5.91 Å². The van der Waals surface area contributed by atoms with Crippen LogP contribution < -0.4 is 0 Å². The zero-order chi connectivity index (χ0) is 30.4. The summed E-state index contributed by atoms with van der Waals surface area (Å²) in [6, 6.07) is 7.47. The van der Waals surface area contributed by atoms with Gasteiger partial charge in [-0.15, -0.1) is 0 Å². The SMILES string of the molecule is COCCCCn1c(C(=O)N(CC(C)C)C2CC(C(=O)N3CCCC3)CN(C(=O)OC(C)(C)C)C2)nc2ccccc21. The van der Waals surface area contributed by atoms with E-state index in [4.69, 9.17) is 14.5 Å². The first-order chi connectivity index (χ1) is 20.0. The van der Waals surface area contributed by atoms with Gasteiger partial charge in [-0.05, 0) is 70.9 Å². The van der Waals surface area contributed by atoms with Crippen molar-refractivity contribution in [1.82, 2.24) is 24.3 Å². The number of amides is 3. The number of hydrogen-bond acceptors (Lipinski definition) is 6. The standard InChI is InChI=1S/C32H49N5O5/c1-23(2)20-37(30(39)28-33-26-13-7-8-14-27(26)36(28)17-11-12-18-41-6)25-19-24(29(38)34-15-9-10-16-34)21-35(22-25)31(40)42-32(3,4)5/h7-8,13-14,23-25H,9-12,15-22H2,1-6H3. The van der Waals surface area contributed by atoms with Crippen molar-refractivity contribution in [3.05, 3.63) is 30.1 Å². The Hall–Kier alpha value is -3.14. The number of hydrogen-bond donors (Lipinski definition) is 0. The van der Waals surface area contributed by atoms with E-state index in [9.17, 15) is 14.4 Å². The van der Waals surface area contributed by atoms with Crippen molar-refractivity contribution in [3.63, 3.8) is 0 Å². The van der Waals surface area contributed by atoms with Gasteiger partial charge in [0.1, 0.15) is 5.60 Å². The Balaban J connectivity index is 1.68. The number of ether oxygens (including phenoxy) is 2. The number of benzene rings is 1. The molecule has 232 valence electrons. The zero-order valence-corrected chi connectivity index (χ0v) is 26.3. The highest BCUT2D eigenvalue weighted by molar-refractivity contribution is 5.95. The summed E-state index contributed by atoms with van der Waals surface area (Å²) in [6.07, 6.45) is 3.77. The Morgan fingerprint density at radius 3 is 2.43 bits per heavy atom. The Kier molecular flexibility index (Phi) is 10.5. The van der Waals surface area contributed by atoms with Crippen molar-refractivity contribution in [2.75, 3.05) is 46.4 Å². The molecule has 0 radical (unpaired) electrons. The molecule has 1 aromatic carbocycles. The molecule has 10 heteroatoms. The quantitative estimate of drug-likeness (QED) is 0.373. The number of carbonyl (C=O) groups is 3. The van der Waals surface area contributed by atoms with Gasteiger partial charge in [-0.1, -0.05) is 26.0 Å². The van der Waals surface area contributed by atoms with Crippen LogP contribution in [-0.4, -0.2) is 100 Å². The van der Waals surface area contributed by atoms with Crippen LogP contribution in [0.2, 0.25) is 0 Å². The molecule has 2 aliphatic heterocycles. The second-order valence-electron chi connectivity index (χ2n) is 13.1. The normalized spacial score (nSPS) is 19.5. The van der Waals surface area contributed by atoms with Gasteiger partial charge in [-0.3, -0.25) is 9.59 Å². The fourth-order valence-corrected chi connectivity index (χ4v) is 6.05. The minimum absolute atomic E-state index is 0.0630. The zero-order valence-electron chi connectivity index (χ0n) is 26.3. The molecule has 3 heterocycles. The summed E-state index contributed by atoms with van der Waals surface area (Å²) in [6.45, 7) is 13.6. The molecule has 2 fully saturated rings. The molecule has 0 bridgehead atoms. The maximum absolute atomic E-state index is 14.5. The molecule has 42 heavy (non-hydrogen) atoms. The lowest BCUT2D eigenvalue weighted by Crippen LogP contribution is -2.58. The first kappa shape index (κ1) is 31.8. The molecule has 0 saturated carbocycles. The van der Waals surface area contributed by atoms with Crippen LogP contribution >= 0.6 is 0 Å². The van der Waals surface area contributed by atoms with Crippen LogP contribution in [0, 0.1) is 11.8 Å². The molecule has 2 aromatic rings. The molecule has 0 spiro atoms. The highest BCUT2D eigenvalue weighted by Crippen LogP contribution is 2.28. The van der Waals surface area contributed by atoms with Crippen molar-refractivity contribution >= 4 is 28.9 Å². The molecule has 3 amide bonds. The number of piperidine rings is 1. The van der Waals surface area contributed by atoms with Gasteiger partial charge in [0.2, 0.25) is 5.91 Å². The van der Waals surface area contributed by atoms with Crippen LogP contribution in [0.1, 0.15) is 77.3 Å². The predicted molar refractivity (Wildman–Crippen MR) is 162 cm³/mol. The molecule has 0 N–H and O–H groups in total. The number of fused-ring (bicyclic) bond motifs is 1. The van der Waals surface area contributed by atoms with E-state index in [0.717, 1.165) is 49.8 Å². The number of imidazole rings is 1. The average molecular weight is 584 g/mol. The Labute approximate surface area is 250 Å². The molecule has 2 atom stereocenters. The third kappa shape index (κ3) is 7.82. The summed E-state index contributed by atoms with van der Waals surface area (Å²) in [4.78, 5) is 51.7. The summed E-state index contributed by atoms with van der Waals surface area (Å²) < 4.78 is 13.0. The van der Waals surface area contributed by atoms with E-state index in [-0.39, 0.29) is 23.8 Å². The van der Waals surface area contributed by atoms with Gasteiger partial charge in [0, 0.05) is 53.0 Å². The number of likely N-dealkylation sites (tertiary alicyclic amines) is 2. The minimum atomic E-state index is -0.667. The summed E-state index contributed by atoms with van der Waals surface area (Å²) in [5.74, 6) is 0.0667. The Bertz CT molecular complexity index is 1230. The number of aryl methyl sites for hydroxylation is 1. The van der Waals surface area contributed by atoms with Gasteiger partial charge in [-0.25, -0.2) is 9.78 Å². The molecule has 10 nitrogen and oxygen atoms in total. The van der Waals surface area contributed by atoms with Gasteiger partial charge in [0.05, 0.1) is 23.0 Å². The fraction of sp³-hybridized carbons (Fsp3) is 0.688. The Morgan fingerprint density at radius 1 is 1.05 bits per heavy atom. The van der Waals surface area contributed by atoms with Gasteiger partial charge in [0.15, 0.2) is 5.82 Å². The van der Waals surface area contributed by atoms with E-state index in [1.54, 1.807) is 12.0 Å². The molecular weight excluding hydrogens is 534 g/mol. The molecule has 1 aromatic heterocycles. The Morgan fingerprint density at radius 2 is 1.76 bits per heavy atom. The number of aromatic nitrogens is 2. The van der Waals surface area contributed by atoms with E-state index in [2.05, 4.69) is 13.8 Å². The lowest BCUT2D eigenvalue weighted by molar-refractivity contribution is -0.137. The lowest BCUT2D eigenvalue weighted by Gasteiger charge is -2.43. The summed E-state index contributed by atoms with van der Waals surface area (Å²) in [5.41, 5.74) is 1.03. The third-order valence-electron chi connectivity index (χ3n) is 7.94. The van der Waals surface area contributed by atoms with Crippen LogP contribution in [0.25, 0.3) is 11.0 Å². The monoisotopic (exact) mass is 583 g/mol. The maximum Gasteiger partial charge on any atom is 0.410 e. The average Bonchev–Trinajstić information content (AvgIpc) is 3.61. The van der Waals surface area contributed by atoms with E-state index < -0.39 is 17.6 Å².